The van der Waals surface area contributed by atoms with Crippen LogP contribution < -0.4 is 14.3 Å². The van der Waals surface area contributed by atoms with Crippen LogP contribution in [0.4, 0.5) is 0 Å². The fourth-order valence-electron chi connectivity index (χ4n) is 2.53. The molecular weight excluding hydrogens is 572 g/mol. The molecule has 0 atom stereocenters. The fraction of sp³-hybridized carbons (Fsp3) is 0.0952. The maximum Gasteiger partial charge on any atom is 0.276 e. The third-order valence-corrected chi connectivity index (χ3v) is 6.67. The third kappa shape index (κ3) is 6.46. The van der Waals surface area contributed by atoms with Crippen LogP contribution in [0.25, 0.3) is 0 Å². The van der Waals surface area contributed by atoms with Crippen molar-refractivity contribution in [2.24, 2.45) is 5.10 Å². The van der Waals surface area contributed by atoms with Crippen LogP contribution in [-0.2, 0) is 16.6 Å². The van der Waals surface area contributed by atoms with Gasteiger partial charge in [-0.2, -0.15) is 13.5 Å². The van der Waals surface area contributed by atoms with Gasteiger partial charge in [0, 0.05) is 9.50 Å². The second-order valence-electron chi connectivity index (χ2n) is 6.26. The van der Waals surface area contributed by atoms with Gasteiger partial charge < -0.3 is 9.47 Å². The van der Waals surface area contributed by atoms with Crippen LogP contribution in [0, 0.1) is 0 Å². The average molecular weight is 589 g/mol. The second-order valence-corrected chi connectivity index (χ2v) is 10.1. The monoisotopic (exact) mass is 586 g/mol. The molecule has 3 rings (SSSR count). The van der Waals surface area contributed by atoms with Crippen molar-refractivity contribution in [1.82, 2.24) is 4.83 Å². The number of sulfonamides is 1. The van der Waals surface area contributed by atoms with E-state index in [0.29, 0.717) is 33.2 Å². The van der Waals surface area contributed by atoms with Crippen LogP contribution in [-0.4, -0.2) is 21.7 Å². The summed E-state index contributed by atoms with van der Waals surface area (Å²) in [5.41, 5.74) is 1.56. The van der Waals surface area contributed by atoms with Crippen LogP contribution in [0.5, 0.6) is 11.5 Å². The van der Waals surface area contributed by atoms with Crippen molar-refractivity contribution < 1.29 is 17.9 Å². The molecule has 0 amide bonds. The zero-order valence-corrected chi connectivity index (χ0v) is 20.9. The van der Waals surface area contributed by atoms with Gasteiger partial charge in [0.25, 0.3) is 10.0 Å². The average Bonchev–Trinajstić information content (AvgIpc) is 2.74. The third-order valence-electron chi connectivity index (χ3n) is 4.06. The molecule has 10 heteroatoms. The number of ether oxygens (including phenoxy) is 2. The molecule has 0 bridgehead atoms. The van der Waals surface area contributed by atoms with E-state index in [1.54, 1.807) is 36.4 Å². The molecule has 0 heterocycles. The van der Waals surface area contributed by atoms with Gasteiger partial charge in [0.1, 0.15) is 6.61 Å². The molecule has 0 spiro atoms. The first-order chi connectivity index (χ1) is 14.8. The largest absolute Gasteiger partial charge is 0.493 e. The summed E-state index contributed by atoms with van der Waals surface area (Å²) in [5.74, 6) is 0.991. The first-order valence-electron chi connectivity index (χ1n) is 8.84. The number of rotatable bonds is 8. The van der Waals surface area contributed by atoms with Crippen molar-refractivity contribution in [3.63, 3.8) is 0 Å². The van der Waals surface area contributed by atoms with Crippen molar-refractivity contribution in [1.29, 1.82) is 0 Å². The normalized spacial score (nSPS) is 11.5. The summed E-state index contributed by atoms with van der Waals surface area (Å²) in [6.07, 6.45) is 1.38. The Hall–Kier alpha value is -2.07. The van der Waals surface area contributed by atoms with Gasteiger partial charge in [-0.3, -0.25) is 0 Å². The quantitative estimate of drug-likeness (QED) is 0.268. The van der Waals surface area contributed by atoms with Gasteiger partial charge in [0.05, 0.1) is 22.7 Å². The minimum atomic E-state index is -3.77. The molecule has 3 aromatic rings. The van der Waals surface area contributed by atoms with Gasteiger partial charge in [0.2, 0.25) is 0 Å². The van der Waals surface area contributed by atoms with Gasteiger partial charge in [-0.1, -0.05) is 39.7 Å². The van der Waals surface area contributed by atoms with E-state index < -0.39 is 10.0 Å². The zero-order valence-electron chi connectivity index (χ0n) is 16.2. The van der Waals surface area contributed by atoms with Crippen LogP contribution in [0.3, 0.4) is 0 Å². The van der Waals surface area contributed by atoms with Gasteiger partial charge in [-0.25, -0.2) is 4.83 Å². The summed E-state index contributed by atoms with van der Waals surface area (Å²) in [4.78, 5) is 2.30. The number of nitrogens with zero attached hydrogens (tertiary/aromatic N) is 1. The molecule has 0 saturated heterocycles. The Morgan fingerprint density at radius 1 is 1.06 bits per heavy atom. The molecule has 6 nitrogen and oxygen atoms in total. The SMILES string of the molecule is COc1cc(/C=N\NS(=O)(=O)c2ccc(Br)cc2)cc(Br)c1OCc1ccc(Cl)cc1. The molecular formula is C21H17Br2ClN2O4S. The van der Waals surface area contributed by atoms with E-state index in [4.69, 9.17) is 21.1 Å². The lowest BCUT2D eigenvalue weighted by Crippen LogP contribution is -2.18. The molecule has 0 aliphatic heterocycles. The number of methoxy groups -OCH3 is 1. The Morgan fingerprint density at radius 2 is 1.74 bits per heavy atom. The molecule has 3 aromatic carbocycles. The fourth-order valence-corrected chi connectivity index (χ4v) is 4.28. The van der Waals surface area contributed by atoms with Crippen molar-refractivity contribution in [3.8, 4) is 11.5 Å². The summed E-state index contributed by atoms with van der Waals surface area (Å²) < 4.78 is 37.4. The van der Waals surface area contributed by atoms with Gasteiger partial charge in [0.15, 0.2) is 11.5 Å². The van der Waals surface area contributed by atoms with E-state index in [9.17, 15) is 8.42 Å². The second kappa shape index (κ2) is 10.5. The first-order valence-corrected chi connectivity index (χ1v) is 12.3. The van der Waals surface area contributed by atoms with E-state index in [1.165, 1.54) is 25.5 Å². The number of hydrazone groups is 1. The molecule has 0 unspecified atom stereocenters. The topological polar surface area (TPSA) is 77.0 Å². The van der Waals surface area contributed by atoms with Crippen molar-refractivity contribution in [2.75, 3.05) is 7.11 Å². The number of hydrogen-bond acceptors (Lipinski definition) is 5. The Kier molecular flexibility index (Phi) is 7.99. The summed E-state index contributed by atoms with van der Waals surface area (Å²) in [6.45, 7) is 0.326. The van der Waals surface area contributed by atoms with E-state index >= 15 is 0 Å². The Morgan fingerprint density at radius 3 is 2.39 bits per heavy atom. The number of halogens is 3. The van der Waals surface area contributed by atoms with Gasteiger partial charge in [-0.15, -0.1) is 0 Å². The molecule has 162 valence electrons. The van der Waals surface area contributed by atoms with Crippen molar-refractivity contribution in [2.45, 2.75) is 11.5 Å². The summed E-state index contributed by atoms with van der Waals surface area (Å²) in [6, 6.07) is 17.0. The highest BCUT2D eigenvalue weighted by atomic mass is 79.9. The molecule has 0 fully saturated rings. The first kappa shape index (κ1) is 23.6. The van der Waals surface area contributed by atoms with E-state index in [2.05, 4.69) is 41.8 Å². The summed E-state index contributed by atoms with van der Waals surface area (Å²) >= 11 is 12.6. The molecule has 0 radical (unpaired) electrons. The van der Waals surface area contributed by atoms with E-state index in [1.807, 2.05) is 12.1 Å². The predicted octanol–water partition coefficient (Wildman–Crippen LogP) is 5.77. The maximum absolute atomic E-state index is 12.3. The molecule has 0 aliphatic rings. The number of benzene rings is 3. The van der Waals surface area contributed by atoms with Crippen molar-refractivity contribution >= 4 is 59.7 Å². The maximum atomic E-state index is 12.3. The zero-order chi connectivity index (χ0) is 22.4. The molecule has 1 N–H and O–H groups in total. The van der Waals surface area contributed by atoms with Crippen LogP contribution in [0.2, 0.25) is 5.02 Å². The molecule has 0 saturated carbocycles. The Balaban J connectivity index is 1.72. The minimum Gasteiger partial charge on any atom is -0.493 e. The Bertz CT molecular complexity index is 1190. The van der Waals surface area contributed by atoms with Crippen LogP contribution in [0.15, 0.2) is 79.6 Å². The highest BCUT2D eigenvalue weighted by Gasteiger charge is 2.14. The van der Waals surface area contributed by atoms with Crippen LogP contribution >= 0.6 is 43.5 Å². The molecule has 0 aliphatic carbocycles. The molecule has 0 aromatic heterocycles. The lowest BCUT2D eigenvalue weighted by molar-refractivity contribution is 0.282. The smallest absolute Gasteiger partial charge is 0.276 e. The van der Waals surface area contributed by atoms with Gasteiger partial charge in [-0.05, 0) is 75.6 Å². The lowest BCUT2D eigenvalue weighted by atomic mass is 10.2. The highest BCUT2D eigenvalue weighted by molar-refractivity contribution is 9.10. The Labute approximate surface area is 202 Å². The van der Waals surface area contributed by atoms with E-state index in [0.717, 1.165) is 10.0 Å². The highest BCUT2D eigenvalue weighted by Crippen LogP contribution is 2.37. The number of nitrogens with one attached hydrogen (secondary N) is 1. The lowest BCUT2D eigenvalue weighted by Gasteiger charge is -2.13. The van der Waals surface area contributed by atoms with Gasteiger partial charge >= 0.3 is 0 Å². The summed E-state index contributed by atoms with van der Waals surface area (Å²) in [7, 11) is -2.25. The van der Waals surface area contributed by atoms with Crippen molar-refractivity contribution in [3.05, 3.63) is 85.8 Å². The predicted molar refractivity (Wildman–Crippen MR) is 129 cm³/mol. The standard InChI is InChI=1S/C21H17Br2ClN2O4S/c1-29-20-11-15(12-25-26-31(27,28)18-8-4-16(22)5-9-18)10-19(23)21(20)30-13-14-2-6-17(24)7-3-14/h2-12,26H,13H2,1H3/b25-12-. The van der Waals surface area contributed by atoms with Crippen LogP contribution in [0.1, 0.15) is 11.1 Å². The summed E-state index contributed by atoms with van der Waals surface area (Å²) in [5, 5.41) is 4.51. The van der Waals surface area contributed by atoms with E-state index in [-0.39, 0.29) is 4.90 Å². The molecule has 31 heavy (non-hydrogen) atoms. The number of hydrogen-bond donors (Lipinski definition) is 1. The minimum absolute atomic E-state index is 0.109.